The van der Waals surface area contributed by atoms with E-state index in [9.17, 15) is 4.79 Å². The number of hydrogen-bond acceptors (Lipinski definition) is 2. The molecule has 0 bridgehead atoms. The van der Waals surface area contributed by atoms with E-state index >= 15 is 0 Å². The second-order valence-corrected chi connectivity index (χ2v) is 7.57. The lowest BCUT2D eigenvalue weighted by molar-refractivity contribution is -0.137. The summed E-state index contributed by atoms with van der Waals surface area (Å²) < 4.78 is 0. The third-order valence-corrected chi connectivity index (χ3v) is 5.17. The quantitative estimate of drug-likeness (QED) is 0.911. The summed E-state index contributed by atoms with van der Waals surface area (Å²) in [6.45, 7) is 8.31. The first-order chi connectivity index (χ1) is 10.5. The SMILES string of the molecule is CC(C)c1ccc(N[C@@H]2CCCN(C(=O)C3(C)CC3)C2)cc1. The van der Waals surface area contributed by atoms with Crippen LogP contribution >= 0.6 is 0 Å². The molecule has 0 radical (unpaired) electrons. The Bertz CT molecular complexity index is 531. The molecule has 0 spiro atoms. The van der Waals surface area contributed by atoms with Crippen molar-refractivity contribution < 1.29 is 4.79 Å². The summed E-state index contributed by atoms with van der Waals surface area (Å²) in [6, 6.07) is 9.11. The third-order valence-electron chi connectivity index (χ3n) is 5.17. The van der Waals surface area contributed by atoms with Crippen LogP contribution in [-0.4, -0.2) is 29.9 Å². The minimum Gasteiger partial charge on any atom is -0.381 e. The fraction of sp³-hybridized carbons (Fsp3) is 0.632. The second-order valence-electron chi connectivity index (χ2n) is 7.57. The molecule has 1 N–H and O–H groups in total. The normalized spacial score (nSPS) is 23.5. The van der Waals surface area contributed by atoms with Gasteiger partial charge in [0.05, 0.1) is 0 Å². The maximum Gasteiger partial charge on any atom is 0.228 e. The summed E-state index contributed by atoms with van der Waals surface area (Å²) in [5.41, 5.74) is 2.50. The van der Waals surface area contributed by atoms with Crippen molar-refractivity contribution in [2.75, 3.05) is 18.4 Å². The first-order valence-corrected chi connectivity index (χ1v) is 8.64. The van der Waals surface area contributed by atoms with Crippen LogP contribution in [0.4, 0.5) is 5.69 Å². The maximum atomic E-state index is 12.5. The Morgan fingerprint density at radius 3 is 2.55 bits per heavy atom. The van der Waals surface area contributed by atoms with Gasteiger partial charge in [-0.25, -0.2) is 0 Å². The lowest BCUT2D eigenvalue weighted by atomic mass is 10.0. The van der Waals surface area contributed by atoms with Crippen molar-refractivity contribution in [2.45, 2.75) is 58.4 Å². The highest BCUT2D eigenvalue weighted by molar-refractivity contribution is 5.85. The Kier molecular flexibility index (Phi) is 4.16. The summed E-state index contributed by atoms with van der Waals surface area (Å²) in [5, 5.41) is 3.61. The van der Waals surface area contributed by atoms with Crippen LogP contribution in [0.5, 0.6) is 0 Å². The Labute approximate surface area is 134 Å². The van der Waals surface area contributed by atoms with E-state index in [4.69, 9.17) is 0 Å². The monoisotopic (exact) mass is 300 g/mol. The van der Waals surface area contributed by atoms with E-state index in [0.29, 0.717) is 17.9 Å². The first-order valence-electron chi connectivity index (χ1n) is 8.64. The topological polar surface area (TPSA) is 32.3 Å². The van der Waals surface area contributed by atoms with Crippen LogP contribution in [0.25, 0.3) is 0 Å². The number of nitrogens with zero attached hydrogens (tertiary/aromatic N) is 1. The Morgan fingerprint density at radius 1 is 1.27 bits per heavy atom. The minimum atomic E-state index is -0.0409. The number of likely N-dealkylation sites (tertiary alicyclic amines) is 1. The average molecular weight is 300 g/mol. The molecule has 3 rings (SSSR count). The van der Waals surface area contributed by atoms with E-state index in [1.54, 1.807) is 0 Å². The van der Waals surface area contributed by atoms with Gasteiger partial charge in [0.25, 0.3) is 0 Å². The molecule has 1 aromatic rings. The standard InChI is InChI=1S/C19H28N2O/c1-14(2)15-6-8-16(9-7-15)20-17-5-4-12-21(13-17)18(22)19(3)10-11-19/h6-9,14,17,20H,4-5,10-13H2,1-3H3/t17-/m1/s1. The molecule has 2 aliphatic rings. The molecule has 1 aliphatic heterocycles. The Morgan fingerprint density at radius 2 is 1.95 bits per heavy atom. The van der Waals surface area contributed by atoms with Gasteiger partial charge in [0.1, 0.15) is 0 Å². The molecule has 2 fully saturated rings. The number of benzene rings is 1. The molecule has 1 heterocycles. The van der Waals surface area contributed by atoms with Gasteiger partial charge in [-0.15, -0.1) is 0 Å². The Hall–Kier alpha value is -1.51. The van der Waals surface area contributed by atoms with Crippen molar-refractivity contribution in [3.05, 3.63) is 29.8 Å². The smallest absolute Gasteiger partial charge is 0.228 e. The van der Waals surface area contributed by atoms with Crippen molar-refractivity contribution in [2.24, 2.45) is 5.41 Å². The van der Waals surface area contributed by atoms with Gasteiger partial charge in [0, 0.05) is 30.2 Å². The molecular weight excluding hydrogens is 272 g/mol. The predicted octanol–water partition coefficient (Wildman–Crippen LogP) is 4.01. The van der Waals surface area contributed by atoms with E-state index in [-0.39, 0.29) is 5.41 Å². The van der Waals surface area contributed by atoms with Crippen LogP contribution < -0.4 is 5.32 Å². The number of hydrogen-bond donors (Lipinski definition) is 1. The van der Waals surface area contributed by atoms with E-state index in [2.05, 4.69) is 55.3 Å². The van der Waals surface area contributed by atoms with Crippen LogP contribution in [0.1, 0.15) is 57.9 Å². The molecule has 0 aromatic heterocycles. The van der Waals surface area contributed by atoms with E-state index in [1.807, 2.05) is 0 Å². The molecule has 1 aliphatic carbocycles. The summed E-state index contributed by atoms with van der Waals surface area (Å²) in [4.78, 5) is 14.6. The van der Waals surface area contributed by atoms with Crippen molar-refractivity contribution in [3.8, 4) is 0 Å². The molecule has 1 amide bonds. The van der Waals surface area contributed by atoms with Crippen LogP contribution in [0.3, 0.4) is 0 Å². The van der Waals surface area contributed by atoms with Gasteiger partial charge in [-0.3, -0.25) is 4.79 Å². The molecular formula is C19H28N2O. The number of carbonyl (C=O) groups excluding carboxylic acids is 1. The second kappa shape index (κ2) is 5.94. The highest BCUT2D eigenvalue weighted by Gasteiger charge is 2.47. The van der Waals surface area contributed by atoms with Crippen molar-refractivity contribution in [1.29, 1.82) is 0 Å². The molecule has 22 heavy (non-hydrogen) atoms. The van der Waals surface area contributed by atoms with Gasteiger partial charge in [-0.05, 0) is 49.3 Å². The van der Waals surface area contributed by atoms with E-state index in [1.165, 1.54) is 11.3 Å². The number of piperidine rings is 1. The summed E-state index contributed by atoms with van der Waals surface area (Å²) in [6.07, 6.45) is 4.38. The number of nitrogens with one attached hydrogen (secondary N) is 1. The molecule has 1 aromatic carbocycles. The van der Waals surface area contributed by atoms with Gasteiger partial charge in [0.2, 0.25) is 5.91 Å². The molecule has 3 heteroatoms. The average Bonchev–Trinajstić information content (AvgIpc) is 3.26. The van der Waals surface area contributed by atoms with Crippen LogP contribution in [0.2, 0.25) is 0 Å². The van der Waals surface area contributed by atoms with Gasteiger partial charge in [0.15, 0.2) is 0 Å². The summed E-state index contributed by atoms with van der Waals surface area (Å²) in [5.74, 6) is 0.935. The fourth-order valence-electron chi connectivity index (χ4n) is 3.26. The summed E-state index contributed by atoms with van der Waals surface area (Å²) >= 11 is 0. The summed E-state index contributed by atoms with van der Waals surface area (Å²) in [7, 11) is 0. The van der Waals surface area contributed by atoms with Crippen molar-refractivity contribution >= 4 is 11.6 Å². The molecule has 3 nitrogen and oxygen atoms in total. The van der Waals surface area contributed by atoms with Gasteiger partial charge in [-0.1, -0.05) is 32.9 Å². The predicted molar refractivity (Wildman–Crippen MR) is 91.1 cm³/mol. The van der Waals surface area contributed by atoms with Gasteiger partial charge < -0.3 is 10.2 Å². The van der Waals surface area contributed by atoms with E-state index in [0.717, 1.165) is 38.8 Å². The lowest BCUT2D eigenvalue weighted by Crippen LogP contribution is -2.47. The number of carbonyl (C=O) groups is 1. The number of anilines is 1. The van der Waals surface area contributed by atoms with Gasteiger partial charge in [-0.2, -0.15) is 0 Å². The third kappa shape index (κ3) is 3.29. The molecule has 1 saturated carbocycles. The minimum absolute atomic E-state index is 0.0409. The lowest BCUT2D eigenvalue weighted by Gasteiger charge is -2.35. The molecule has 1 saturated heterocycles. The van der Waals surface area contributed by atoms with Crippen molar-refractivity contribution in [3.63, 3.8) is 0 Å². The zero-order valence-corrected chi connectivity index (χ0v) is 14.1. The molecule has 0 unspecified atom stereocenters. The highest BCUT2D eigenvalue weighted by atomic mass is 16.2. The van der Waals surface area contributed by atoms with Crippen molar-refractivity contribution in [1.82, 2.24) is 4.90 Å². The zero-order chi connectivity index (χ0) is 15.7. The maximum absolute atomic E-state index is 12.5. The molecule has 120 valence electrons. The molecule has 1 atom stereocenters. The largest absolute Gasteiger partial charge is 0.381 e. The zero-order valence-electron chi connectivity index (χ0n) is 14.1. The van der Waals surface area contributed by atoms with Gasteiger partial charge >= 0.3 is 0 Å². The van der Waals surface area contributed by atoms with Crippen LogP contribution in [-0.2, 0) is 4.79 Å². The van der Waals surface area contributed by atoms with Crippen LogP contribution in [0, 0.1) is 5.41 Å². The highest BCUT2D eigenvalue weighted by Crippen LogP contribution is 2.46. The fourth-order valence-corrected chi connectivity index (χ4v) is 3.26. The number of amides is 1. The Balaban J connectivity index is 1.59. The first kappa shape index (κ1) is 15.4. The number of rotatable bonds is 4. The van der Waals surface area contributed by atoms with E-state index < -0.39 is 0 Å². The van der Waals surface area contributed by atoms with Crippen LogP contribution in [0.15, 0.2) is 24.3 Å².